The van der Waals surface area contributed by atoms with E-state index >= 15 is 0 Å². The fraction of sp³-hybridized carbons (Fsp3) is 0.857. The quantitative estimate of drug-likeness (QED) is 0.687. The molecule has 0 aromatic carbocycles. The van der Waals surface area contributed by atoms with Crippen molar-refractivity contribution in [1.82, 2.24) is 0 Å². The summed E-state index contributed by atoms with van der Waals surface area (Å²) in [7, 11) is 0. The average molecular weight is 182 g/mol. The van der Waals surface area contributed by atoms with E-state index in [2.05, 4.69) is 0 Å². The lowest BCUT2D eigenvalue weighted by molar-refractivity contribution is -0.139. The van der Waals surface area contributed by atoms with Crippen molar-refractivity contribution in [2.24, 2.45) is 11.7 Å². The SMILES string of the molecule is CCC(CC)[C@@H](N)C(=O)O.Cl. The zero-order chi connectivity index (χ0) is 8.15. The van der Waals surface area contributed by atoms with Crippen molar-refractivity contribution in [3.63, 3.8) is 0 Å². The van der Waals surface area contributed by atoms with Crippen molar-refractivity contribution in [3.8, 4) is 0 Å². The molecule has 0 rings (SSSR count). The van der Waals surface area contributed by atoms with Gasteiger partial charge in [0, 0.05) is 0 Å². The van der Waals surface area contributed by atoms with E-state index in [9.17, 15) is 4.79 Å². The number of halogens is 1. The molecule has 0 unspecified atom stereocenters. The van der Waals surface area contributed by atoms with E-state index in [4.69, 9.17) is 10.8 Å². The van der Waals surface area contributed by atoms with Crippen LogP contribution in [0.1, 0.15) is 26.7 Å². The summed E-state index contributed by atoms with van der Waals surface area (Å²) in [6.45, 7) is 3.91. The van der Waals surface area contributed by atoms with Crippen LogP contribution in [0.3, 0.4) is 0 Å². The molecule has 0 saturated heterocycles. The summed E-state index contributed by atoms with van der Waals surface area (Å²) in [4.78, 5) is 10.3. The highest BCUT2D eigenvalue weighted by Gasteiger charge is 2.20. The number of nitrogens with two attached hydrogens (primary N) is 1. The molecule has 0 aromatic rings. The van der Waals surface area contributed by atoms with Crippen molar-refractivity contribution in [2.75, 3.05) is 0 Å². The van der Waals surface area contributed by atoms with Crippen LogP contribution in [0, 0.1) is 5.92 Å². The van der Waals surface area contributed by atoms with Gasteiger partial charge in [0.2, 0.25) is 0 Å². The molecule has 0 aromatic heterocycles. The maximum Gasteiger partial charge on any atom is 0.320 e. The highest BCUT2D eigenvalue weighted by atomic mass is 35.5. The summed E-state index contributed by atoms with van der Waals surface area (Å²) >= 11 is 0. The Balaban J connectivity index is 0. The van der Waals surface area contributed by atoms with Gasteiger partial charge in [0.1, 0.15) is 6.04 Å². The molecular weight excluding hydrogens is 166 g/mol. The second-order valence-electron chi connectivity index (χ2n) is 2.44. The molecule has 3 N–H and O–H groups in total. The summed E-state index contributed by atoms with van der Waals surface area (Å²) in [5.41, 5.74) is 5.38. The van der Waals surface area contributed by atoms with Gasteiger partial charge in [-0.15, -0.1) is 12.4 Å². The first-order chi connectivity index (χ1) is 4.63. The highest BCUT2D eigenvalue weighted by Crippen LogP contribution is 2.10. The summed E-state index contributed by atoms with van der Waals surface area (Å²) in [6, 6.07) is -0.685. The van der Waals surface area contributed by atoms with Crippen molar-refractivity contribution < 1.29 is 9.90 Å². The van der Waals surface area contributed by atoms with Crippen LogP contribution in [0.5, 0.6) is 0 Å². The highest BCUT2D eigenvalue weighted by molar-refractivity contribution is 5.85. The van der Waals surface area contributed by atoms with Crippen LogP contribution in [0.4, 0.5) is 0 Å². The molecule has 68 valence electrons. The third kappa shape index (κ3) is 4.22. The lowest BCUT2D eigenvalue weighted by Gasteiger charge is -2.15. The first-order valence-electron chi connectivity index (χ1n) is 3.61. The molecule has 0 aliphatic heterocycles. The molecule has 0 fully saturated rings. The predicted octanol–water partition coefficient (Wildman–Crippen LogP) is 1.26. The Morgan fingerprint density at radius 3 is 1.91 bits per heavy atom. The zero-order valence-electron chi connectivity index (χ0n) is 6.91. The lowest BCUT2D eigenvalue weighted by atomic mass is 9.95. The topological polar surface area (TPSA) is 63.3 Å². The van der Waals surface area contributed by atoms with Gasteiger partial charge >= 0.3 is 5.97 Å². The van der Waals surface area contributed by atoms with Gasteiger partial charge in [0.15, 0.2) is 0 Å². The second kappa shape index (κ2) is 6.43. The molecule has 0 saturated carbocycles. The second-order valence-corrected chi connectivity index (χ2v) is 2.44. The van der Waals surface area contributed by atoms with E-state index in [0.717, 1.165) is 12.8 Å². The van der Waals surface area contributed by atoms with Gasteiger partial charge < -0.3 is 10.8 Å². The Bertz CT molecular complexity index is 115. The van der Waals surface area contributed by atoms with E-state index in [1.54, 1.807) is 0 Å². The van der Waals surface area contributed by atoms with E-state index in [0.29, 0.717) is 0 Å². The first kappa shape index (κ1) is 13.3. The Morgan fingerprint density at radius 2 is 1.82 bits per heavy atom. The summed E-state index contributed by atoms with van der Waals surface area (Å²) in [6.07, 6.45) is 1.67. The number of hydrogen-bond donors (Lipinski definition) is 2. The number of hydrogen-bond acceptors (Lipinski definition) is 2. The fourth-order valence-corrected chi connectivity index (χ4v) is 0.998. The van der Waals surface area contributed by atoms with Gasteiger partial charge in [0.05, 0.1) is 0 Å². The normalized spacial score (nSPS) is 12.4. The van der Waals surface area contributed by atoms with Gasteiger partial charge in [-0.2, -0.15) is 0 Å². The van der Waals surface area contributed by atoms with Crippen molar-refractivity contribution in [3.05, 3.63) is 0 Å². The van der Waals surface area contributed by atoms with Crippen molar-refractivity contribution >= 4 is 18.4 Å². The Morgan fingerprint density at radius 1 is 1.45 bits per heavy atom. The van der Waals surface area contributed by atoms with Crippen LogP contribution in [-0.4, -0.2) is 17.1 Å². The standard InChI is InChI=1S/C7H15NO2.ClH/c1-3-5(4-2)6(8)7(9)10;/h5-6H,3-4,8H2,1-2H3,(H,9,10);1H/t6-;/m1./s1. The lowest BCUT2D eigenvalue weighted by Crippen LogP contribution is -2.37. The first-order valence-corrected chi connectivity index (χ1v) is 3.61. The van der Waals surface area contributed by atoms with E-state index < -0.39 is 12.0 Å². The maximum absolute atomic E-state index is 10.3. The molecule has 0 aliphatic carbocycles. The summed E-state index contributed by atoms with van der Waals surface area (Å²) < 4.78 is 0. The molecule has 3 nitrogen and oxygen atoms in total. The van der Waals surface area contributed by atoms with Gasteiger partial charge in [0.25, 0.3) is 0 Å². The van der Waals surface area contributed by atoms with Crippen LogP contribution in [0.2, 0.25) is 0 Å². The minimum Gasteiger partial charge on any atom is -0.480 e. The minimum absolute atomic E-state index is 0. The number of carbonyl (C=O) groups is 1. The van der Waals surface area contributed by atoms with Gasteiger partial charge in [-0.25, -0.2) is 0 Å². The Labute approximate surface area is 73.4 Å². The van der Waals surface area contributed by atoms with Crippen molar-refractivity contribution in [1.29, 1.82) is 0 Å². The van der Waals surface area contributed by atoms with E-state index in [1.165, 1.54) is 0 Å². The van der Waals surface area contributed by atoms with Crippen LogP contribution in [0.25, 0.3) is 0 Å². The van der Waals surface area contributed by atoms with Gasteiger partial charge in [-0.05, 0) is 5.92 Å². The van der Waals surface area contributed by atoms with Crippen LogP contribution in [0.15, 0.2) is 0 Å². The number of carboxylic acids is 1. The number of rotatable bonds is 4. The van der Waals surface area contributed by atoms with Crippen LogP contribution >= 0.6 is 12.4 Å². The molecule has 0 heterocycles. The summed E-state index contributed by atoms with van der Waals surface area (Å²) in [5.74, 6) is -0.772. The van der Waals surface area contributed by atoms with Gasteiger partial charge in [-0.3, -0.25) is 4.79 Å². The minimum atomic E-state index is -0.895. The Hall–Kier alpha value is -0.280. The van der Waals surface area contributed by atoms with Gasteiger partial charge in [-0.1, -0.05) is 26.7 Å². The smallest absolute Gasteiger partial charge is 0.320 e. The fourth-order valence-electron chi connectivity index (χ4n) is 0.998. The monoisotopic (exact) mass is 181 g/mol. The molecule has 1 atom stereocenters. The van der Waals surface area contributed by atoms with E-state index in [-0.39, 0.29) is 18.3 Å². The molecule has 0 amide bonds. The zero-order valence-corrected chi connectivity index (χ0v) is 7.73. The number of aliphatic carboxylic acids is 1. The average Bonchev–Trinajstić information content (AvgIpc) is 1.90. The van der Waals surface area contributed by atoms with Crippen molar-refractivity contribution in [2.45, 2.75) is 32.7 Å². The molecule has 11 heavy (non-hydrogen) atoms. The summed E-state index contributed by atoms with van der Waals surface area (Å²) in [5, 5.41) is 8.49. The third-order valence-corrected chi connectivity index (χ3v) is 1.84. The third-order valence-electron chi connectivity index (χ3n) is 1.84. The van der Waals surface area contributed by atoms with E-state index in [1.807, 2.05) is 13.8 Å². The molecule has 0 radical (unpaired) electrons. The molecule has 0 spiro atoms. The molecular formula is C7H16ClNO2. The largest absolute Gasteiger partial charge is 0.480 e. The Kier molecular flexibility index (Phi) is 7.79. The molecule has 0 bridgehead atoms. The van der Waals surface area contributed by atoms with Crippen LogP contribution in [-0.2, 0) is 4.79 Å². The molecule has 0 aliphatic rings. The number of carboxylic acid groups (broad SMARTS) is 1. The predicted molar refractivity (Wildman–Crippen MR) is 46.9 cm³/mol. The van der Waals surface area contributed by atoms with Crippen LogP contribution < -0.4 is 5.73 Å². The molecule has 4 heteroatoms. The maximum atomic E-state index is 10.3.